The van der Waals surface area contributed by atoms with Gasteiger partial charge in [-0.2, -0.15) is 0 Å². The van der Waals surface area contributed by atoms with Crippen molar-refractivity contribution in [2.75, 3.05) is 6.61 Å². The molecule has 0 atom stereocenters. The van der Waals surface area contributed by atoms with E-state index in [4.69, 9.17) is 4.74 Å². The lowest BCUT2D eigenvalue weighted by Crippen LogP contribution is -2.04. The van der Waals surface area contributed by atoms with E-state index in [1.54, 1.807) is 18.2 Å². The Bertz CT molecular complexity index is 148. The molecule has 1 nitrogen and oxygen atoms in total. The molecule has 11 heavy (non-hydrogen) atoms. The third kappa shape index (κ3) is 5.37. The van der Waals surface area contributed by atoms with Gasteiger partial charge in [0.15, 0.2) is 0 Å². The van der Waals surface area contributed by atoms with Crippen molar-refractivity contribution >= 4 is 0 Å². The third-order valence-electron chi connectivity index (χ3n) is 1.12. The summed E-state index contributed by atoms with van der Waals surface area (Å²) < 4.78 is 5.27. The first-order valence-corrected chi connectivity index (χ1v) is 3.49. The average molecular weight is 150 g/mol. The van der Waals surface area contributed by atoms with Gasteiger partial charge in [0.05, 0.1) is 12.7 Å². The Morgan fingerprint density at radius 2 is 1.82 bits per heavy atom. The van der Waals surface area contributed by atoms with Crippen LogP contribution < -0.4 is 0 Å². The van der Waals surface area contributed by atoms with Gasteiger partial charge >= 0.3 is 0 Å². The van der Waals surface area contributed by atoms with Crippen LogP contribution in [-0.2, 0) is 4.74 Å². The van der Waals surface area contributed by atoms with Crippen LogP contribution in [0.3, 0.4) is 0 Å². The SMILES string of the molecule is C=CC=CCOC(C=C)C=C. The predicted molar refractivity (Wildman–Crippen MR) is 49.5 cm³/mol. The van der Waals surface area contributed by atoms with Crippen LogP contribution in [0.4, 0.5) is 0 Å². The van der Waals surface area contributed by atoms with E-state index in [9.17, 15) is 0 Å². The summed E-state index contributed by atoms with van der Waals surface area (Å²) in [4.78, 5) is 0. The van der Waals surface area contributed by atoms with E-state index in [2.05, 4.69) is 19.7 Å². The van der Waals surface area contributed by atoms with Crippen LogP contribution in [0.15, 0.2) is 50.1 Å². The molecule has 0 fully saturated rings. The van der Waals surface area contributed by atoms with Crippen molar-refractivity contribution in [1.29, 1.82) is 0 Å². The maximum Gasteiger partial charge on any atom is 0.0936 e. The highest BCUT2D eigenvalue weighted by atomic mass is 16.5. The molecule has 0 aromatic rings. The summed E-state index contributed by atoms with van der Waals surface area (Å²) in [5.74, 6) is 0. The Morgan fingerprint density at radius 3 is 2.27 bits per heavy atom. The van der Waals surface area contributed by atoms with E-state index in [0.29, 0.717) is 6.61 Å². The zero-order chi connectivity index (χ0) is 8.53. The molecule has 0 amide bonds. The molecule has 0 radical (unpaired) electrons. The van der Waals surface area contributed by atoms with Gasteiger partial charge < -0.3 is 4.74 Å². The molecule has 0 aromatic heterocycles. The molecule has 0 saturated carbocycles. The Kier molecular flexibility index (Phi) is 6.34. The quantitative estimate of drug-likeness (QED) is 0.417. The van der Waals surface area contributed by atoms with Crippen LogP contribution in [0.2, 0.25) is 0 Å². The number of hydrogen-bond donors (Lipinski definition) is 0. The zero-order valence-electron chi connectivity index (χ0n) is 6.70. The molecule has 0 N–H and O–H groups in total. The standard InChI is InChI=1S/C10H14O/c1-4-7-8-9-11-10(5-2)6-3/h4-8,10H,1-3,9H2. The summed E-state index contributed by atoms with van der Waals surface area (Å²) in [6.07, 6.45) is 8.78. The molecule has 0 spiro atoms. The first kappa shape index (κ1) is 9.92. The highest BCUT2D eigenvalue weighted by Crippen LogP contribution is 1.93. The van der Waals surface area contributed by atoms with Gasteiger partial charge in [0, 0.05) is 0 Å². The number of ether oxygens (including phenoxy) is 1. The maximum atomic E-state index is 5.27. The molecule has 1 heteroatoms. The molecule has 0 heterocycles. The van der Waals surface area contributed by atoms with Gasteiger partial charge in [-0.15, -0.1) is 13.2 Å². The molecule has 0 saturated heterocycles. The van der Waals surface area contributed by atoms with Crippen LogP contribution in [-0.4, -0.2) is 12.7 Å². The normalized spacial score (nSPS) is 10.3. The third-order valence-corrected chi connectivity index (χ3v) is 1.12. The van der Waals surface area contributed by atoms with Crippen molar-refractivity contribution in [2.45, 2.75) is 6.10 Å². The second kappa shape index (κ2) is 7.03. The van der Waals surface area contributed by atoms with Gasteiger partial charge in [0.1, 0.15) is 0 Å². The van der Waals surface area contributed by atoms with E-state index in [-0.39, 0.29) is 6.10 Å². The fourth-order valence-corrected chi connectivity index (χ4v) is 0.551. The first-order valence-electron chi connectivity index (χ1n) is 3.49. The summed E-state index contributed by atoms with van der Waals surface area (Å²) in [6.45, 7) is 11.3. The zero-order valence-corrected chi connectivity index (χ0v) is 6.70. The molecule has 0 rings (SSSR count). The molecule has 0 aliphatic heterocycles. The van der Waals surface area contributed by atoms with Crippen LogP contribution >= 0.6 is 0 Å². The minimum absolute atomic E-state index is 0.0514. The largest absolute Gasteiger partial charge is 0.366 e. The Balaban J connectivity index is 3.50. The second-order valence-corrected chi connectivity index (χ2v) is 1.93. The summed E-state index contributed by atoms with van der Waals surface area (Å²) in [7, 11) is 0. The molecule has 60 valence electrons. The van der Waals surface area contributed by atoms with E-state index >= 15 is 0 Å². The van der Waals surface area contributed by atoms with Gasteiger partial charge in [-0.25, -0.2) is 0 Å². The topological polar surface area (TPSA) is 9.23 Å². The van der Waals surface area contributed by atoms with Crippen LogP contribution in [0, 0.1) is 0 Å². The van der Waals surface area contributed by atoms with Crippen molar-refractivity contribution < 1.29 is 4.74 Å². The van der Waals surface area contributed by atoms with E-state index in [1.165, 1.54) is 0 Å². The lowest BCUT2D eigenvalue weighted by atomic mass is 10.3. The highest BCUT2D eigenvalue weighted by Gasteiger charge is 1.93. The van der Waals surface area contributed by atoms with E-state index in [1.807, 2.05) is 12.2 Å². The second-order valence-electron chi connectivity index (χ2n) is 1.93. The maximum absolute atomic E-state index is 5.27. The van der Waals surface area contributed by atoms with Crippen LogP contribution in [0.1, 0.15) is 0 Å². The average Bonchev–Trinajstić information content (AvgIpc) is 2.05. The summed E-state index contributed by atoms with van der Waals surface area (Å²) in [5.41, 5.74) is 0. The van der Waals surface area contributed by atoms with Crippen molar-refractivity contribution in [3.05, 3.63) is 50.1 Å². The summed E-state index contributed by atoms with van der Waals surface area (Å²) in [6, 6.07) is 0. The molecule has 0 bridgehead atoms. The van der Waals surface area contributed by atoms with Gasteiger partial charge in [-0.1, -0.05) is 37.0 Å². The fraction of sp³-hybridized carbons (Fsp3) is 0.200. The molecule has 0 aromatic carbocycles. The van der Waals surface area contributed by atoms with Gasteiger partial charge in [0.2, 0.25) is 0 Å². The van der Waals surface area contributed by atoms with Crippen molar-refractivity contribution in [3.63, 3.8) is 0 Å². The Hall–Kier alpha value is -1.08. The van der Waals surface area contributed by atoms with Crippen LogP contribution in [0.5, 0.6) is 0 Å². The minimum Gasteiger partial charge on any atom is -0.366 e. The first-order chi connectivity index (χ1) is 5.35. The lowest BCUT2D eigenvalue weighted by molar-refractivity contribution is 0.143. The number of allylic oxidation sites excluding steroid dienone is 2. The molecular formula is C10H14O. The Morgan fingerprint density at radius 1 is 1.18 bits per heavy atom. The van der Waals surface area contributed by atoms with E-state index in [0.717, 1.165) is 0 Å². The number of rotatable bonds is 6. The van der Waals surface area contributed by atoms with Crippen molar-refractivity contribution in [1.82, 2.24) is 0 Å². The summed E-state index contributed by atoms with van der Waals surface area (Å²) >= 11 is 0. The van der Waals surface area contributed by atoms with Gasteiger partial charge in [-0.3, -0.25) is 0 Å². The van der Waals surface area contributed by atoms with E-state index < -0.39 is 0 Å². The van der Waals surface area contributed by atoms with Gasteiger partial charge in [-0.05, 0) is 0 Å². The molecule has 0 aliphatic carbocycles. The van der Waals surface area contributed by atoms with Gasteiger partial charge in [0.25, 0.3) is 0 Å². The van der Waals surface area contributed by atoms with Crippen molar-refractivity contribution in [3.8, 4) is 0 Å². The molecule has 0 aliphatic rings. The molecular weight excluding hydrogens is 136 g/mol. The lowest BCUT2D eigenvalue weighted by Gasteiger charge is -2.05. The Labute approximate surface area is 68.4 Å². The monoisotopic (exact) mass is 150 g/mol. The smallest absolute Gasteiger partial charge is 0.0936 e. The predicted octanol–water partition coefficient (Wildman–Crippen LogP) is 2.49. The summed E-state index contributed by atoms with van der Waals surface area (Å²) in [5, 5.41) is 0. The van der Waals surface area contributed by atoms with Crippen molar-refractivity contribution in [2.24, 2.45) is 0 Å². The fourth-order valence-electron chi connectivity index (χ4n) is 0.551. The van der Waals surface area contributed by atoms with Crippen LogP contribution in [0.25, 0.3) is 0 Å². The molecule has 0 unspecified atom stereocenters. The highest BCUT2D eigenvalue weighted by molar-refractivity contribution is 4.99. The number of hydrogen-bond acceptors (Lipinski definition) is 1. The minimum atomic E-state index is -0.0514.